The summed E-state index contributed by atoms with van der Waals surface area (Å²) in [5.74, 6) is -1.10. The summed E-state index contributed by atoms with van der Waals surface area (Å²) < 4.78 is 6.56. The van der Waals surface area contributed by atoms with Crippen molar-refractivity contribution in [2.24, 2.45) is 0 Å². The number of rotatable bonds is 6. The number of aromatic carboxylic acids is 1. The van der Waals surface area contributed by atoms with Crippen LogP contribution in [0.4, 0.5) is 0 Å². The lowest BCUT2D eigenvalue weighted by atomic mass is 10.2. The molecule has 0 fully saturated rings. The van der Waals surface area contributed by atoms with Gasteiger partial charge in [-0.05, 0) is 24.1 Å². The first-order valence-electron chi connectivity index (χ1n) is 5.76. The second-order valence-corrected chi connectivity index (χ2v) is 3.95. The van der Waals surface area contributed by atoms with Crippen molar-refractivity contribution in [3.63, 3.8) is 0 Å². The Balaban J connectivity index is 2.14. The molecule has 0 radical (unpaired) electrons. The zero-order valence-electron chi connectivity index (χ0n) is 10.5. The third-order valence-corrected chi connectivity index (χ3v) is 2.68. The van der Waals surface area contributed by atoms with Crippen LogP contribution >= 0.6 is 0 Å². The van der Waals surface area contributed by atoms with Crippen molar-refractivity contribution in [3.8, 4) is 0 Å². The number of methoxy groups -OCH3 is 1. The molecule has 0 aromatic carbocycles. The van der Waals surface area contributed by atoms with E-state index in [1.807, 2.05) is 12.1 Å². The number of nitrogens with zero attached hydrogens (tertiary/aromatic N) is 4. The fraction of sp³-hybridized carbons (Fsp3) is 0.333. The molecule has 7 heteroatoms. The van der Waals surface area contributed by atoms with E-state index < -0.39 is 5.97 Å². The number of carboxylic acids is 1. The first-order valence-corrected chi connectivity index (χ1v) is 5.76. The molecule has 100 valence electrons. The van der Waals surface area contributed by atoms with E-state index >= 15 is 0 Å². The predicted molar refractivity (Wildman–Crippen MR) is 65.6 cm³/mol. The van der Waals surface area contributed by atoms with Crippen molar-refractivity contribution < 1.29 is 14.6 Å². The molecule has 2 heterocycles. The molecule has 0 atom stereocenters. The lowest BCUT2D eigenvalue weighted by molar-refractivity contribution is 0.0684. The molecule has 0 saturated heterocycles. The Morgan fingerprint density at radius 3 is 2.79 bits per heavy atom. The lowest BCUT2D eigenvalue weighted by Gasteiger charge is -2.06. The predicted octanol–water partition coefficient (Wildman–Crippen LogP) is 0.760. The van der Waals surface area contributed by atoms with Crippen molar-refractivity contribution in [3.05, 3.63) is 41.5 Å². The van der Waals surface area contributed by atoms with Gasteiger partial charge in [0.05, 0.1) is 12.3 Å². The molecule has 0 aliphatic rings. The summed E-state index contributed by atoms with van der Waals surface area (Å²) in [6.45, 7) is 0.716. The van der Waals surface area contributed by atoms with Crippen LogP contribution in [0.1, 0.15) is 21.7 Å². The van der Waals surface area contributed by atoms with Gasteiger partial charge in [0.25, 0.3) is 0 Å². The fourth-order valence-corrected chi connectivity index (χ4v) is 1.74. The van der Waals surface area contributed by atoms with Crippen molar-refractivity contribution in [1.29, 1.82) is 0 Å². The molecule has 1 N–H and O–H groups in total. The summed E-state index contributed by atoms with van der Waals surface area (Å²) in [5, 5.41) is 16.5. The normalized spacial score (nSPS) is 10.6. The van der Waals surface area contributed by atoms with Gasteiger partial charge in [-0.25, -0.2) is 9.48 Å². The first kappa shape index (κ1) is 13.2. The van der Waals surface area contributed by atoms with Crippen molar-refractivity contribution in [2.45, 2.75) is 19.6 Å². The first-order chi connectivity index (χ1) is 9.22. The van der Waals surface area contributed by atoms with Crippen LogP contribution in [0.2, 0.25) is 0 Å². The third-order valence-electron chi connectivity index (χ3n) is 2.68. The Morgan fingerprint density at radius 2 is 2.16 bits per heavy atom. The molecular weight excluding hydrogens is 248 g/mol. The van der Waals surface area contributed by atoms with Gasteiger partial charge in [0.1, 0.15) is 0 Å². The van der Waals surface area contributed by atoms with E-state index in [0.717, 1.165) is 12.0 Å². The standard InChI is InChI=1S/C12H14N4O3/c1-19-8-10-11(12(17)18)14-15-16(10)7-4-9-2-5-13-6-3-9/h2-3,5-6H,4,7-8H2,1H3,(H,17,18). The van der Waals surface area contributed by atoms with Crippen LogP contribution in [0.3, 0.4) is 0 Å². The van der Waals surface area contributed by atoms with Gasteiger partial charge in [0, 0.05) is 26.0 Å². The average molecular weight is 262 g/mol. The number of aryl methyl sites for hydroxylation is 2. The average Bonchev–Trinajstić information content (AvgIpc) is 2.81. The van der Waals surface area contributed by atoms with E-state index in [1.54, 1.807) is 17.1 Å². The molecule has 2 aromatic rings. The van der Waals surface area contributed by atoms with Crippen LogP contribution in [-0.2, 0) is 24.3 Å². The van der Waals surface area contributed by atoms with Gasteiger partial charge in [-0.15, -0.1) is 5.10 Å². The summed E-state index contributed by atoms with van der Waals surface area (Å²) in [5.41, 5.74) is 1.52. The van der Waals surface area contributed by atoms with Crippen molar-refractivity contribution in [1.82, 2.24) is 20.0 Å². The topological polar surface area (TPSA) is 90.1 Å². The van der Waals surface area contributed by atoms with Crippen LogP contribution in [0, 0.1) is 0 Å². The highest BCUT2D eigenvalue weighted by Crippen LogP contribution is 2.09. The molecule has 0 bridgehead atoms. The minimum atomic E-state index is -1.10. The summed E-state index contributed by atoms with van der Waals surface area (Å²) in [6.07, 6.45) is 4.16. The third kappa shape index (κ3) is 3.14. The van der Waals surface area contributed by atoms with E-state index in [4.69, 9.17) is 9.84 Å². The number of hydrogen-bond donors (Lipinski definition) is 1. The van der Waals surface area contributed by atoms with Crippen LogP contribution in [0.15, 0.2) is 24.5 Å². The molecule has 0 unspecified atom stereocenters. The van der Waals surface area contributed by atoms with Gasteiger partial charge in [0.2, 0.25) is 0 Å². The quantitative estimate of drug-likeness (QED) is 0.826. The Kier molecular flexibility index (Phi) is 4.19. The molecule has 0 aliphatic heterocycles. The number of pyridine rings is 1. The van der Waals surface area contributed by atoms with Gasteiger partial charge < -0.3 is 9.84 Å². The maximum Gasteiger partial charge on any atom is 0.358 e. The molecule has 19 heavy (non-hydrogen) atoms. The second-order valence-electron chi connectivity index (χ2n) is 3.95. The summed E-state index contributed by atoms with van der Waals surface area (Å²) in [4.78, 5) is 14.9. The lowest BCUT2D eigenvalue weighted by Crippen LogP contribution is -2.11. The van der Waals surface area contributed by atoms with Gasteiger partial charge in [0.15, 0.2) is 5.69 Å². The van der Waals surface area contributed by atoms with E-state index in [9.17, 15) is 4.79 Å². The fourth-order valence-electron chi connectivity index (χ4n) is 1.74. The molecule has 0 aliphatic carbocycles. The van der Waals surface area contributed by atoms with Crippen molar-refractivity contribution in [2.75, 3.05) is 7.11 Å². The zero-order valence-corrected chi connectivity index (χ0v) is 10.5. The van der Waals surface area contributed by atoms with Crippen LogP contribution in [0.25, 0.3) is 0 Å². The highest BCUT2D eigenvalue weighted by molar-refractivity contribution is 5.86. The second kappa shape index (κ2) is 6.05. The molecule has 0 saturated carbocycles. The number of carbonyl (C=O) groups is 1. The Labute approximate surface area is 109 Å². The highest BCUT2D eigenvalue weighted by atomic mass is 16.5. The summed E-state index contributed by atoms with van der Waals surface area (Å²) >= 11 is 0. The minimum Gasteiger partial charge on any atom is -0.476 e. The Morgan fingerprint density at radius 1 is 1.42 bits per heavy atom. The molecule has 0 amide bonds. The number of aromatic nitrogens is 4. The summed E-state index contributed by atoms with van der Waals surface area (Å²) in [6, 6.07) is 3.82. The SMILES string of the molecule is COCc1c(C(=O)O)nnn1CCc1ccncc1. The van der Waals surface area contributed by atoms with Crippen LogP contribution < -0.4 is 0 Å². The molecular formula is C12H14N4O3. The zero-order chi connectivity index (χ0) is 13.7. The molecule has 7 nitrogen and oxygen atoms in total. The number of hydrogen-bond acceptors (Lipinski definition) is 5. The molecule has 2 rings (SSSR count). The smallest absolute Gasteiger partial charge is 0.358 e. The minimum absolute atomic E-state index is 0.0587. The van der Waals surface area contributed by atoms with Gasteiger partial charge in [-0.2, -0.15) is 0 Å². The molecule has 2 aromatic heterocycles. The van der Waals surface area contributed by atoms with Crippen LogP contribution in [0.5, 0.6) is 0 Å². The largest absolute Gasteiger partial charge is 0.476 e. The van der Waals surface area contributed by atoms with Crippen molar-refractivity contribution >= 4 is 5.97 Å². The Bertz CT molecular complexity index is 553. The number of carboxylic acid groups (broad SMARTS) is 1. The van der Waals surface area contributed by atoms with E-state index in [-0.39, 0.29) is 12.3 Å². The van der Waals surface area contributed by atoms with E-state index in [2.05, 4.69) is 15.3 Å². The number of ether oxygens (including phenoxy) is 1. The van der Waals surface area contributed by atoms with Crippen LogP contribution in [-0.4, -0.2) is 38.2 Å². The van der Waals surface area contributed by atoms with Gasteiger partial charge >= 0.3 is 5.97 Å². The maximum atomic E-state index is 11.0. The maximum absolute atomic E-state index is 11.0. The highest BCUT2D eigenvalue weighted by Gasteiger charge is 2.18. The summed E-state index contributed by atoms with van der Waals surface area (Å²) in [7, 11) is 1.51. The van der Waals surface area contributed by atoms with E-state index in [0.29, 0.717) is 12.2 Å². The molecule has 0 spiro atoms. The van der Waals surface area contributed by atoms with Gasteiger partial charge in [-0.1, -0.05) is 5.21 Å². The Hall–Kier alpha value is -2.28. The van der Waals surface area contributed by atoms with Gasteiger partial charge in [-0.3, -0.25) is 4.98 Å². The monoisotopic (exact) mass is 262 g/mol. The van der Waals surface area contributed by atoms with E-state index in [1.165, 1.54) is 7.11 Å².